The fraction of sp³-hybridized carbons (Fsp3) is 0.633. The molecule has 35 heavy (non-hydrogen) atoms. The molecule has 3 fully saturated rings. The van der Waals surface area contributed by atoms with Gasteiger partial charge in [0.25, 0.3) is 5.91 Å². The molecule has 1 heterocycles. The zero-order valence-electron chi connectivity index (χ0n) is 21.8. The second-order valence-corrected chi connectivity index (χ2v) is 13.6. The van der Waals surface area contributed by atoms with Crippen LogP contribution in [-0.2, 0) is 22.0 Å². The number of aldehydes is 1. The first-order valence-electron chi connectivity index (χ1n) is 13.6. The number of amides is 1. The van der Waals surface area contributed by atoms with Crippen LogP contribution in [0.25, 0.3) is 10.4 Å². The SMILES string of the molecule is CC(C)(C)c1cc(-c2sc(C(=O)NC3CC(C=O)C3)nc2CC2CCCCC2)cc(C2(C)CC2)c1. The summed E-state index contributed by atoms with van der Waals surface area (Å²) in [5, 5.41) is 3.69. The van der Waals surface area contributed by atoms with E-state index in [2.05, 4.69) is 51.2 Å². The number of nitrogens with zero attached hydrogens (tertiary/aromatic N) is 1. The first kappa shape index (κ1) is 24.7. The molecule has 2 aromatic rings. The molecule has 0 bridgehead atoms. The van der Waals surface area contributed by atoms with Crippen molar-refractivity contribution >= 4 is 23.5 Å². The topological polar surface area (TPSA) is 59.1 Å². The van der Waals surface area contributed by atoms with Gasteiger partial charge in [-0.3, -0.25) is 4.79 Å². The first-order valence-corrected chi connectivity index (χ1v) is 14.4. The van der Waals surface area contributed by atoms with Crippen molar-refractivity contribution in [3.05, 3.63) is 40.0 Å². The molecule has 1 aromatic carbocycles. The molecule has 1 N–H and O–H groups in total. The Morgan fingerprint density at radius 2 is 1.86 bits per heavy atom. The van der Waals surface area contributed by atoms with Crippen molar-refractivity contribution in [3.8, 4) is 10.4 Å². The summed E-state index contributed by atoms with van der Waals surface area (Å²) in [6, 6.07) is 7.22. The summed E-state index contributed by atoms with van der Waals surface area (Å²) in [4.78, 5) is 30.2. The average Bonchev–Trinajstić information content (AvgIpc) is 3.42. The van der Waals surface area contributed by atoms with E-state index in [9.17, 15) is 9.59 Å². The summed E-state index contributed by atoms with van der Waals surface area (Å²) < 4.78 is 0. The molecule has 0 unspecified atom stereocenters. The maximum Gasteiger partial charge on any atom is 0.280 e. The number of hydrogen-bond donors (Lipinski definition) is 1. The lowest BCUT2D eigenvalue weighted by atomic mass is 9.81. The van der Waals surface area contributed by atoms with E-state index in [1.54, 1.807) is 11.3 Å². The molecular weight excluding hydrogens is 452 g/mol. The highest BCUT2D eigenvalue weighted by atomic mass is 32.1. The molecule has 0 saturated heterocycles. The summed E-state index contributed by atoms with van der Waals surface area (Å²) in [6.07, 6.45) is 12.4. The summed E-state index contributed by atoms with van der Waals surface area (Å²) in [7, 11) is 0. The summed E-state index contributed by atoms with van der Waals surface area (Å²) in [5.74, 6) is 0.671. The monoisotopic (exact) mass is 492 g/mol. The number of carbonyl (C=O) groups excluding carboxylic acids is 2. The molecule has 5 rings (SSSR count). The highest BCUT2D eigenvalue weighted by molar-refractivity contribution is 7.17. The van der Waals surface area contributed by atoms with Crippen molar-refractivity contribution in [2.45, 2.75) is 109 Å². The van der Waals surface area contributed by atoms with Gasteiger partial charge >= 0.3 is 0 Å². The lowest BCUT2D eigenvalue weighted by Gasteiger charge is -2.31. The number of hydrogen-bond acceptors (Lipinski definition) is 4. The molecule has 0 spiro atoms. The third kappa shape index (κ3) is 5.40. The molecule has 3 aliphatic carbocycles. The maximum atomic E-state index is 13.1. The first-order chi connectivity index (χ1) is 16.6. The van der Waals surface area contributed by atoms with Gasteiger partial charge in [-0.25, -0.2) is 4.98 Å². The minimum Gasteiger partial charge on any atom is -0.347 e. The van der Waals surface area contributed by atoms with Crippen molar-refractivity contribution in [2.75, 3.05) is 0 Å². The molecular formula is C30H40N2O2S. The van der Waals surface area contributed by atoms with Crippen LogP contribution in [0.2, 0.25) is 0 Å². The van der Waals surface area contributed by atoms with E-state index in [1.165, 1.54) is 66.5 Å². The van der Waals surface area contributed by atoms with Crippen LogP contribution in [0.4, 0.5) is 0 Å². The lowest BCUT2D eigenvalue weighted by molar-refractivity contribution is -0.113. The van der Waals surface area contributed by atoms with Crippen LogP contribution in [0, 0.1) is 11.8 Å². The van der Waals surface area contributed by atoms with Gasteiger partial charge in [-0.1, -0.05) is 65.9 Å². The van der Waals surface area contributed by atoms with Gasteiger partial charge in [0.2, 0.25) is 0 Å². The highest BCUT2D eigenvalue weighted by Crippen LogP contribution is 2.50. The predicted octanol–water partition coefficient (Wildman–Crippen LogP) is 6.99. The Hall–Kier alpha value is -2.01. The maximum absolute atomic E-state index is 13.1. The molecule has 4 nitrogen and oxygen atoms in total. The number of benzene rings is 1. The number of nitrogens with one attached hydrogen (secondary N) is 1. The van der Waals surface area contributed by atoms with E-state index < -0.39 is 0 Å². The van der Waals surface area contributed by atoms with Gasteiger partial charge in [0.05, 0.1) is 10.6 Å². The Morgan fingerprint density at radius 1 is 1.14 bits per heavy atom. The minimum atomic E-state index is -0.0816. The zero-order valence-corrected chi connectivity index (χ0v) is 22.6. The Morgan fingerprint density at radius 3 is 2.49 bits per heavy atom. The van der Waals surface area contributed by atoms with Crippen molar-refractivity contribution in [3.63, 3.8) is 0 Å². The lowest BCUT2D eigenvalue weighted by Crippen LogP contribution is -2.44. The van der Waals surface area contributed by atoms with E-state index in [1.807, 2.05) is 0 Å². The van der Waals surface area contributed by atoms with Gasteiger partial charge in [0.1, 0.15) is 6.29 Å². The summed E-state index contributed by atoms with van der Waals surface area (Å²) in [6.45, 7) is 9.22. The Kier molecular flexibility index (Phi) is 6.67. The highest BCUT2D eigenvalue weighted by Gasteiger charge is 2.40. The molecule has 0 radical (unpaired) electrons. The van der Waals surface area contributed by atoms with Crippen molar-refractivity contribution in [1.82, 2.24) is 10.3 Å². The molecule has 1 aromatic heterocycles. The van der Waals surface area contributed by atoms with Crippen LogP contribution in [0.5, 0.6) is 0 Å². The Balaban J connectivity index is 1.50. The van der Waals surface area contributed by atoms with E-state index in [0.717, 1.165) is 31.2 Å². The molecule has 3 saturated carbocycles. The Labute approximate surface area is 214 Å². The zero-order chi connectivity index (χ0) is 24.8. The van der Waals surface area contributed by atoms with Crippen LogP contribution in [-0.4, -0.2) is 23.2 Å². The van der Waals surface area contributed by atoms with E-state index in [0.29, 0.717) is 10.9 Å². The van der Waals surface area contributed by atoms with Gasteiger partial charge in [0, 0.05) is 12.0 Å². The van der Waals surface area contributed by atoms with Crippen molar-refractivity contribution in [1.29, 1.82) is 0 Å². The fourth-order valence-electron chi connectivity index (χ4n) is 5.63. The number of thiazole rings is 1. The van der Waals surface area contributed by atoms with Crippen LogP contribution in [0.15, 0.2) is 18.2 Å². The normalized spacial score (nSPS) is 24.0. The predicted molar refractivity (Wildman–Crippen MR) is 143 cm³/mol. The third-order valence-electron chi connectivity index (χ3n) is 8.56. The Bertz CT molecular complexity index is 1070. The van der Waals surface area contributed by atoms with Gasteiger partial charge in [-0.05, 0) is 77.7 Å². The van der Waals surface area contributed by atoms with Crippen molar-refractivity contribution in [2.24, 2.45) is 11.8 Å². The number of carbonyl (C=O) groups is 2. The van der Waals surface area contributed by atoms with Crippen LogP contribution in [0.3, 0.4) is 0 Å². The number of rotatable bonds is 7. The largest absolute Gasteiger partial charge is 0.347 e. The number of aromatic nitrogens is 1. The van der Waals surface area contributed by atoms with Gasteiger partial charge in [0.15, 0.2) is 5.01 Å². The van der Waals surface area contributed by atoms with Crippen LogP contribution in [0.1, 0.15) is 112 Å². The van der Waals surface area contributed by atoms with E-state index in [-0.39, 0.29) is 28.7 Å². The smallest absolute Gasteiger partial charge is 0.280 e. The minimum absolute atomic E-state index is 0.0593. The van der Waals surface area contributed by atoms with Gasteiger partial charge < -0.3 is 10.1 Å². The molecule has 0 aliphatic heterocycles. The third-order valence-corrected chi connectivity index (χ3v) is 9.70. The summed E-state index contributed by atoms with van der Waals surface area (Å²) in [5.41, 5.74) is 5.46. The second-order valence-electron chi connectivity index (χ2n) is 12.7. The van der Waals surface area contributed by atoms with E-state index >= 15 is 0 Å². The van der Waals surface area contributed by atoms with Gasteiger partial charge in [-0.15, -0.1) is 11.3 Å². The summed E-state index contributed by atoms with van der Waals surface area (Å²) >= 11 is 1.56. The fourth-order valence-corrected chi connectivity index (χ4v) is 6.62. The molecule has 0 atom stereocenters. The standard InChI is InChI=1S/C30H40N2O2S/c1-29(2,3)22-15-21(16-23(17-22)30(4)10-11-30)26-25(14-19-8-6-5-7-9-19)32-28(35-26)27(34)31-24-12-20(13-24)18-33/h15-20,24H,5-14H2,1-4H3,(H,31,34). The molecule has 188 valence electrons. The van der Waals surface area contributed by atoms with Crippen LogP contribution >= 0.6 is 11.3 Å². The van der Waals surface area contributed by atoms with Crippen molar-refractivity contribution < 1.29 is 9.59 Å². The van der Waals surface area contributed by atoms with Gasteiger partial charge in [-0.2, -0.15) is 0 Å². The molecule has 5 heteroatoms. The van der Waals surface area contributed by atoms with E-state index in [4.69, 9.17) is 4.98 Å². The van der Waals surface area contributed by atoms with Crippen LogP contribution < -0.4 is 5.32 Å². The average molecular weight is 493 g/mol. The second kappa shape index (κ2) is 9.46. The molecule has 3 aliphatic rings. The molecule has 1 amide bonds. The quantitative estimate of drug-likeness (QED) is 0.424.